The van der Waals surface area contributed by atoms with Crippen LogP contribution in [0.25, 0.3) is 0 Å². The second kappa shape index (κ2) is 6.14. The van der Waals surface area contributed by atoms with Gasteiger partial charge in [0, 0.05) is 12.6 Å². The smallest absolute Gasteiger partial charge is 0.337 e. The highest BCUT2D eigenvalue weighted by Crippen LogP contribution is 2.13. The Morgan fingerprint density at radius 1 is 1.45 bits per heavy atom. The van der Waals surface area contributed by atoms with Crippen LogP contribution in [0.5, 0.6) is 5.75 Å². The van der Waals surface area contributed by atoms with E-state index in [4.69, 9.17) is 14.4 Å². The van der Waals surface area contributed by atoms with Crippen molar-refractivity contribution in [3.63, 3.8) is 0 Å². The van der Waals surface area contributed by atoms with Gasteiger partial charge in [0.2, 0.25) is 11.7 Å². The van der Waals surface area contributed by atoms with Gasteiger partial charge < -0.3 is 14.4 Å². The van der Waals surface area contributed by atoms with Crippen LogP contribution in [0, 0.1) is 5.92 Å². The van der Waals surface area contributed by atoms with E-state index in [0.717, 1.165) is 0 Å². The minimum absolute atomic E-state index is 0.0658. The number of carboxylic acid groups (broad SMARTS) is 1. The van der Waals surface area contributed by atoms with Crippen molar-refractivity contribution in [2.45, 2.75) is 26.9 Å². The first-order valence-electron chi connectivity index (χ1n) is 6.17. The van der Waals surface area contributed by atoms with Gasteiger partial charge >= 0.3 is 5.97 Å². The molecule has 0 aliphatic heterocycles. The average Bonchev–Trinajstić information content (AvgIpc) is 2.83. The van der Waals surface area contributed by atoms with Crippen molar-refractivity contribution in [3.05, 3.63) is 35.7 Å². The SMILES string of the molecule is CC(C)Cc1nc(COc2cncc(C(=O)O)c2)no1. The highest BCUT2D eigenvalue weighted by Gasteiger charge is 2.10. The maximum atomic E-state index is 10.8. The molecule has 0 bridgehead atoms. The van der Waals surface area contributed by atoms with Gasteiger partial charge in [0.05, 0.1) is 11.8 Å². The monoisotopic (exact) mass is 277 g/mol. The van der Waals surface area contributed by atoms with Crippen LogP contribution < -0.4 is 4.74 Å². The zero-order chi connectivity index (χ0) is 14.5. The topological polar surface area (TPSA) is 98.3 Å². The molecular formula is C13H15N3O4. The molecule has 0 amide bonds. The quantitative estimate of drug-likeness (QED) is 0.861. The summed E-state index contributed by atoms with van der Waals surface area (Å²) >= 11 is 0. The van der Waals surface area contributed by atoms with Crippen LogP contribution in [-0.4, -0.2) is 26.2 Å². The molecule has 0 saturated carbocycles. The summed E-state index contributed by atoms with van der Waals surface area (Å²) in [6.45, 7) is 4.22. The van der Waals surface area contributed by atoms with E-state index in [-0.39, 0.29) is 12.2 Å². The lowest BCUT2D eigenvalue weighted by atomic mass is 10.1. The van der Waals surface area contributed by atoms with E-state index in [2.05, 4.69) is 29.0 Å². The van der Waals surface area contributed by atoms with Crippen LogP contribution >= 0.6 is 0 Å². The fourth-order valence-corrected chi connectivity index (χ4v) is 1.54. The Bertz CT molecular complexity index is 595. The van der Waals surface area contributed by atoms with Crippen molar-refractivity contribution in [2.75, 3.05) is 0 Å². The zero-order valence-corrected chi connectivity index (χ0v) is 11.2. The normalized spacial score (nSPS) is 10.8. The second-order valence-electron chi connectivity index (χ2n) is 4.71. The number of hydrogen-bond donors (Lipinski definition) is 1. The fourth-order valence-electron chi connectivity index (χ4n) is 1.54. The lowest BCUT2D eigenvalue weighted by Gasteiger charge is -2.03. The maximum absolute atomic E-state index is 10.8. The number of aromatic nitrogens is 3. The summed E-state index contributed by atoms with van der Waals surface area (Å²) in [6.07, 6.45) is 3.40. The van der Waals surface area contributed by atoms with Gasteiger partial charge in [0.1, 0.15) is 5.75 Å². The summed E-state index contributed by atoms with van der Waals surface area (Å²) in [7, 11) is 0. The summed E-state index contributed by atoms with van der Waals surface area (Å²) in [4.78, 5) is 18.8. The Labute approximate surface area is 115 Å². The molecule has 2 aromatic heterocycles. The third-order valence-corrected chi connectivity index (χ3v) is 2.42. The first-order chi connectivity index (χ1) is 9.54. The van der Waals surface area contributed by atoms with E-state index >= 15 is 0 Å². The molecule has 0 unspecified atom stereocenters. The van der Waals surface area contributed by atoms with Gasteiger partial charge in [-0.3, -0.25) is 4.98 Å². The molecule has 0 spiro atoms. The van der Waals surface area contributed by atoms with E-state index in [9.17, 15) is 4.79 Å². The van der Waals surface area contributed by atoms with Gasteiger partial charge in [-0.05, 0) is 12.0 Å². The van der Waals surface area contributed by atoms with Crippen LogP contribution in [0.15, 0.2) is 23.0 Å². The average molecular weight is 277 g/mol. The second-order valence-corrected chi connectivity index (χ2v) is 4.71. The van der Waals surface area contributed by atoms with E-state index in [0.29, 0.717) is 29.8 Å². The molecule has 7 heteroatoms. The molecule has 0 aliphatic rings. The van der Waals surface area contributed by atoms with Crippen molar-refractivity contribution in [1.82, 2.24) is 15.1 Å². The lowest BCUT2D eigenvalue weighted by Crippen LogP contribution is -2.01. The van der Waals surface area contributed by atoms with Crippen LogP contribution in [0.2, 0.25) is 0 Å². The van der Waals surface area contributed by atoms with Gasteiger partial charge in [0.15, 0.2) is 6.61 Å². The fraction of sp³-hybridized carbons (Fsp3) is 0.385. The van der Waals surface area contributed by atoms with Crippen LogP contribution in [0.4, 0.5) is 0 Å². The molecule has 0 radical (unpaired) electrons. The lowest BCUT2D eigenvalue weighted by molar-refractivity contribution is 0.0696. The molecular weight excluding hydrogens is 262 g/mol. The summed E-state index contributed by atoms with van der Waals surface area (Å²) in [5.74, 6) is 0.708. The highest BCUT2D eigenvalue weighted by atomic mass is 16.5. The summed E-state index contributed by atoms with van der Waals surface area (Å²) < 4.78 is 10.5. The molecule has 2 aromatic rings. The van der Waals surface area contributed by atoms with E-state index < -0.39 is 5.97 Å². The van der Waals surface area contributed by atoms with Crippen molar-refractivity contribution >= 4 is 5.97 Å². The van der Waals surface area contributed by atoms with Gasteiger partial charge in [-0.1, -0.05) is 19.0 Å². The van der Waals surface area contributed by atoms with Crippen molar-refractivity contribution in [3.8, 4) is 5.75 Å². The predicted octanol–water partition coefficient (Wildman–Crippen LogP) is 1.94. The van der Waals surface area contributed by atoms with Gasteiger partial charge in [0.25, 0.3) is 0 Å². The minimum Gasteiger partial charge on any atom is -0.484 e. The number of rotatable bonds is 6. The van der Waals surface area contributed by atoms with E-state index in [1.54, 1.807) is 0 Å². The highest BCUT2D eigenvalue weighted by molar-refractivity contribution is 5.87. The molecule has 0 fully saturated rings. The van der Waals surface area contributed by atoms with E-state index in [1.165, 1.54) is 18.5 Å². The Morgan fingerprint density at radius 3 is 2.95 bits per heavy atom. The number of carbonyl (C=O) groups is 1. The zero-order valence-electron chi connectivity index (χ0n) is 11.2. The Morgan fingerprint density at radius 2 is 2.25 bits per heavy atom. The number of nitrogens with zero attached hydrogens (tertiary/aromatic N) is 3. The molecule has 7 nitrogen and oxygen atoms in total. The van der Waals surface area contributed by atoms with Crippen molar-refractivity contribution in [2.24, 2.45) is 5.92 Å². The molecule has 106 valence electrons. The van der Waals surface area contributed by atoms with Gasteiger partial charge in [-0.2, -0.15) is 4.98 Å². The molecule has 2 heterocycles. The minimum atomic E-state index is -1.05. The molecule has 0 atom stereocenters. The Hall–Kier alpha value is -2.44. The molecule has 1 N–H and O–H groups in total. The van der Waals surface area contributed by atoms with E-state index in [1.807, 2.05) is 0 Å². The summed E-state index contributed by atoms with van der Waals surface area (Å²) in [6, 6.07) is 1.39. The first kappa shape index (κ1) is 14.0. The predicted molar refractivity (Wildman–Crippen MR) is 68.4 cm³/mol. The van der Waals surface area contributed by atoms with Crippen LogP contribution in [-0.2, 0) is 13.0 Å². The number of pyridine rings is 1. The van der Waals surface area contributed by atoms with Crippen LogP contribution in [0.3, 0.4) is 0 Å². The Balaban J connectivity index is 1.96. The number of ether oxygens (including phenoxy) is 1. The molecule has 0 aromatic carbocycles. The van der Waals surface area contributed by atoms with Gasteiger partial charge in [-0.15, -0.1) is 0 Å². The first-order valence-corrected chi connectivity index (χ1v) is 6.17. The summed E-state index contributed by atoms with van der Waals surface area (Å²) in [5.41, 5.74) is 0.0658. The third-order valence-electron chi connectivity index (χ3n) is 2.42. The van der Waals surface area contributed by atoms with Crippen molar-refractivity contribution in [1.29, 1.82) is 0 Å². The van der Waals surface area contributed by atoms with Crippen LogP contribution in [0.1, 0.15) is 35.9 Å². The van der Waals surface area contributed by atoms with Crippen molar-refractivity contribution < 1.29 is 19.2 Å². The number of hydrogen-bond acceptors (Lipinski definition) is 6. The number of aromatic carboxylic acids is 1. The van der Waals surface area contributed by atoms with Gasteiger partial charge in [-0.25, -0.2) is 4.79 Å². The largest absolute Gasteiger partial charge is 0.484 e. The molecule has 2 rings (SSSR count). The summed E-state index contributed by atoms with van der Waals surface area (Å²) in [5, 5.41) is 12.6. The standard InChI is InChI=1S/C13H15N3O4/c1-8(2)3-12-15-11(16-20-12)7-19-10-4-9(13(17)18)5-14-6-10/h4-6,8H,3,7H2,1-2H3,(H,17,18). The molecule has 20 heavy (non-hydrogen) atoms. The third kappa shape index (κ3) is 3.78. The Kier molecular flexibility index (Phi) is 4.29. The molecule has 0 aliphatic carbocycles. The number of carboxylic acids is 1. The maximum Gasteiger partial charge on any atom is 0.337 e. The molecule has 0 saturated heterocycles.